The minimum Gasteiger partial charge on any atom is -0.464 e. The van der Waals surface area contributed by atoms with Gasteiger partial charge in [-0.25, -0.2) is 8.42 Å². The molecule has 1 N–H and O–H groups in total. The first-order chi connectivity index (χ1) is 10.0. The van der Waals surface area contributed by atoms with Crippen molar-refractivity contribution in [3.05, 3.63) is 48.2 Å². The zero-order valence-corrected chi connectivity index (χ0v) is 12.1. The Morgan fingerprint density at radius 3 is 2.52 bits per heavy atom. The average molecular weight is 305 g/mol. The van der Waals surface area contributed by atoms with Crippen LogP contribution in [0, 0.1) is 0 Å². The van der Waals surface area contributed by atoms with E-state index in [1.807, 2.05) is 6.07 Å². The maximum absolute atomic E-state index is 12.1. The van der Waals surface area contributed by atoms with Gasteiger partial charge in [0, 0.05) is 17.2 Å². The second-order valence-electron chi connectivity index (χ2n) is 5.13. The summed E-state index contributed by atoms with van der Waals surface area (Å²) in [7, 11) is -2.99. The van der Waals surface area contributed by atoms with Crippen LogP contribution in [0.3, 0.4) is 0 Å². The number of hydrogen-bond donors (Lipinski definition) is 1. The lowest BCUT2D eigenvalue weighted by molar-refractivity contribution is 0.0941. The molecule has 3 rings (SSSR count). The van der Waals surface area contributed by atoms with Gasteiger partial charge in [-0.15, -0.1) is 0 Å². The van der Waals surface area contributed by atoms with Crippen LogP contribution in [0.1, 0.15) is 16.8 Å². The molecular weight excluding hydrogens is 290 g/mol. The van der Waals surface area contributed by atoms with Crippen molar-refractivity contribution in [1.29, 1.82) is 0 Å². The Bertz CT molecular complexity index is 732. The molecule has 0 radical (unpaired) electrons. The van der Waals surface area contributed by atoms with E-state index in [4.69, 9.17) is 4.42 Å². The topological polar surface area (TPSA) is 76.4 Å². The number of furan rings is 1. The molecule has 0 bridgehead atoms. The van der Waals surface area contributed by atoms with Crippen molar-refractivity contribution in [3.8, 4) is 11.3 Å². The summed E-state index contributed by atoms with van der Waals surface area (Å²) in [5, 5.41) is 2.76. The number of sulfone groups is 1. The highest BCUT2D eigenvalue weighted by atomic mass is 32.2. The van der Waals surface area contributed by atoms with Gasteiger partial charge >= 0.3 is 0 Å². The predicted octanol–water partition coefficient (Wildman–Crippen LogP) is 1.86. The summed E-state index contributed by atoms with van der Waals surface area (Å²) in [5.74, 6) is 0.672. The molecule has 0 spiro atoms. The van der Waals surface area contributed by atoms with Crippen molar-refractivity contribution < 1.29 is 17.6 Å². The van der Waals surface area contributed by atoms with E-state index in [2.05, 4.69) is 5.32 Å². The van der Waals surface area contributed by atoms with Gasteiger partial charge in [0.2, 0.25) is 0 Å². The number of carbonyl (C=O) groups is 1. The second-order valence-corrected chi connectivity index (χ2v) is 7.36. The van der Waals surface area contributed by atoms with Crippen LogP contribution < -0.4 is 5.32 Å². The van der Waals surface area contributed by atoms with Crippen LogP contribution in [0.25, 0.3) is 11.3 Å². The molecule has 1 aromatic heterocycles. The van der Waals surface area contributed by atoms with Crippen LogP contribution in [0.2, 0.25) is 0 Å². The van der Waals surface area contributed by atoms with Crippen LogP contribution in [-0.2, 0) is 9.84 Å². The van der Waals surface area contributed by atoms with E-state index in [1.54, 1.807) is 36.6 Å². The maximum atomic E-state index is 12.1. The minimum atomic E-state index is -2.99. The molecule has 5 nitrogen and oxygen atoms in total. The standard InChI is InChI=1S/C15H15NO4S/c17-15(16-13-7-9-21(18,19)10-13)12-5-3-11(4-6-12)14-2-1-8-20-14/h1-6,8,13H,7,9-10H2,(H,16,17)/t13-/m0/s1. The third-order valence-corrected chi connectivity index (χ3v) is 5.29. The highest BCUT2D eigenvalue weighted by Crippen LogP contribution is 2.20. The van der Waals surface area contributed by atoms with Crippen molar-refractivity contribution in [2.75, 3.05) is 11.5 Å². The van der Waals surface area contributed by atoms with Crippen LogP contribution in [-0.4, -0.2) is 31.9 Å². The molecule has 1 saturated heterocycles. The van der Waals surface area contributed by atoms with Gasteiger partial charge in [0.15, 0.2) is 9.84 Å². The molecule has 1 aliphatic rings. The molecule has 2 heterocycles. The molecule has 1 aliphatic heterocycles. The third kappa shape index (κ3) is 3.16. The molecule has 1 amide bonds. The van der Waals surface area contributed by atoms with Crippen molar-refractivity contribution >= 4 is 15.7 Å². The van der Waals surface area contributed by atoms with E-state index in [9.17, 15) is 13.2 Å². The maximum Gasteiger partial charge on any atom is 0.251 e. The summed E-state index contributed by atoms with van der Waals surface area (Å²) in [5.41, 5.74) is 1.40. The SMILES string of the molecule is O=C(N[C@H]1CCS(=O)(=O)C1)c1ccc(-c2ccco2)cc1. The molecule has 1 atom stereocenters. The number of benzene rings is 1. The average Bonchev–Trinajstić information content (AvgIpc) is 3.09. The summed E-state index contributed by atoms with van der Waals surface area (Å²) in [4.78, 5) is 12.1. The van der Waals surface area contributed by atoms with E-state index in [0.717, 1.165) is 11.3 Å². The van der Waals surface area contributed by atoms with Gasteiger partial charge in [0.25, 0.3) is 5.91 Å². The Labute approximate surface area is 122 Å². The van der Waals surface area contributed by atoms with E-state index < -0.39 is 9.84 Å². The zero-order valence-electron chi connectivity index (χ0n) is 11.3. The normalized spacial score (nSPS) is 20.3. The fraction of sp³-hybridized carbons (Fsp3) is 0.267. The summed E-state index contributed by atoms with van der Waals surface area (Å²) in [6.07, 6.45) is 2.08. The molecular formula is C15H15NO4S. The lowest BCUT2D eigenvalue weighted by Gasteiger charge is -2.10. The second kappa shape index (κ2) is 5.37. The molecule has 1 aromatic carbocycles. The zero-order chi connectivity index (χ0) is 14.9. The van der Waals surface area contributed by atoms with Gasteiger partial charge < -0.3 is 9.73 Å². The Kier molecular flexibility index (Phi) is 3.55. The molecule has 0 aliphatic carbocycles. The summed E-state index contributed by atoms with van der Waals surface area (Å²) in [6, 6.07) is 10.4. The van der Waals surface area contributed by atoms with E-state index in [1.165, 1.54) is 0 Å². The predicted molar refractivity (Wildman–Crippen MR) is 78.7 cm³/mol. The first-order valence-electron chi connectivity index (χ1n) is 6.69. The summed E-state index contributed by atoms with van der Waals surface area (Å²) >= 11 is 0. The van der Waals surface area contributed by atoms with Gasteiger partial charge in [-0.2, -0.15) is 0 Å². The number of amides is 1. The molecule has 6 heteroatoms. The fourth-order valence-electron chi connectivity index (χ4n) is 2.41. The van der Waals surface area contributed by atoms with Crippen molar-refractivity contribution in [2.24, 2.45) is 0 Å². The monoisotopic (exact) mass is 305 g/mol. The smallest absolute Gasteiger partial charge is 0.251 e. The van der Waals surface area contributed by atoms with Gasteiger partial charge in [0.1, 0.15) is 5.76 Å². The van der Waals surface area contributed by atoms with Crippen molar-refractivity contribution in [1.82, 2.24) is 5.32 Å². The Morgan fingerprint density at radius 1 is 1.19 bits per heavy atom. The summed E-state index contributed by atoms with van der Waals surface area (Å²) in [6.45, 7) is 0. The van der Waals surface area contributed by atoms with Crippen molar-refractivity contribution in [2.45, 2.75) is 12.5 Å². The first-order valence-corrected chi connectivity index (χ1v) is 8.51. The Morgan fingerprint density at radius 2 is 1.95 bits per heavy atom. The fourth-order valence-corrected chi connectivity index (χ4v) is 4.08. The molecule has 1 fully saturated rings. The highest BCUT2D eigenvalue weighted by molar-refractivity contribution is 7.91. The molecule has 110 valence electrons. The number of rotatable bonds is 3. The van der Waals surface area contributed by atoms with Gasteiger partial charge in [-0.1, -0.05) is 12.1 Å². The third-order valence-electron chi connectivity index (χ3n) is 3.52. The van der Waals surface area contributed by atoms with Crippen LogP contribution >= 0.6 is 0 Å². The number of nitrogens with one attached hydrogen (secondary N) is 1. The van der Waals surface area contributed by atoms with Gasteiger partial charge in [-0.05, 0) is 30.7 Å². The van der Waals surface area contributed by atoms with E-state index in [0.29, 0.717) is 12.0 Å². The van der Waals surface area contributed by atoms with E-state index >= 15 is 0 Å². The molecule has 21 heavy (non-hydrogen) atoms. The Balaban J connectivity index is 1.68. The van der Waals surface area contributed by atoms with Gasteiger partial charge in [-0.3, -0.25) is 4.79 Å². The number of carbonyl (C=O) groups excluding carboxylic acids is 1. The van der Waals surface area contributed by atoms with Crippen LogP contribution in [0.4, 0.5) is 0 Å². The van der Waals surface area contributed by atoms with Crippen LogP contribution in [0.15, 0.2) is 47.1 Å². The largest absolute Gasteiger partial charge is 0.464 e. The lowest BCUT2D eigenvalue weighted by atomic mass is 10.1. The van der Waals surface area contributed by atoms with E-state index in [-0.39, 0.29) is 23.5 Å². The molecule has 0 saturated carbocycles. The van der Waals surface area contributed by atoms with Gasteiger partial charge in [0.05, 0.1) is 17.8 Å². The quantitative estimate of drug-likeness (QED) is 0.939. The minimum absolute atomic E-state index is 0.0310. The molecule has 0 unspecified atom stereocenters. The first kappa shape index (κ1) is 13.9. The Hall–Kier alpha value is -2.08. The van der Waals surface area contributed by atoms with Crippen LogP contribution in [0.5, 0.6) is 0 Å². The number of hydrogen-bond acceptors (Lipinski definition) is 4. The summed E-state index contributed by atoms with van der Waals surface area (Å²) < 4.78 is 28.0. The highest BCUT2D eigenvalue weighted by Gasteiger charge is 2.29. The van der Waals surface area contributed by atoms with Crippen molar-refractivity contribution in [3.63, 3.8) is 0 Å². The lowest BCUT2D eigenvalue weighted by Crippen LogP contribution is -2.35. The molecule has 2 aromatic rings.